The van der Waals surface area contributed by atoms with Crippen molar-refractivity contribution in [3.63, 3.8) is 0 Å². The molecule has 1 N–H and O–H groups in total. The maximum Gasteiger partial charge on any atom is 0.338 e. The number of hydrogen-bond acceptors (Lipinski definition) is 7. The van der Waals surface area contributed by atoms with E-state index in [2.05, 4.69) is 5.32 Å². The minimum atomic E-state index is -0.654. The van der Waals surface area contributed by atoms with Gasteiger partial charge in [0.2, 0.25) is 5.75 Å². The first-order chi connectivity index (χ1) is 13.1. The van der Waals surface area contributed by atoms with E-state index >= 15 is 0 Å². The quantitative estimate of drug-likeness (QED) is 0.601. The third-order valence-corrected chi connectivity index (χ3v) is 4.52. The minimum Gasteiger partial charge on any atom is -0.493 e. The van der Waals surface area contributed by atoms with Crippen molar-refractivity contribution in [1.29, 1.82) is 0 Å². The Morgan fingerprint density at radius 1 is 1.15 bits per heavy atom. The lowest BCUT2D eigenvalue weighted by Crippen LogP contribution is -2.21. The number of hydrogen-bond donors (Lipinski definition) is 1. The first-order valence-corrected chi connectivity index (χ1v) is 9.42. The van der Waals surface area contributed by atoms with E-state index in [1.165, 1.54) is 19.2 Å². The van der Waals surface area contributed by atoms with Gasteiger partial charge >= 0.3 is 5.97 Å². The SMILES string of the molecule is COc1cc(C(=O)OCC(=O)Nc2ccc(SC)cc2)cc2c1OCCO2. The summed E-state index contributed by atoms with van der Waals surface area (Å²) in [5.74, 6) is 0.151. The zero-order chi connectivity index (χ0) is 19.2. The van der Waals surface area contributed by atoms with Crippen LogP contribution in [0, 0.1) is 0 Å². The number of ether oxygens (including phenoxy) is 4. The topological polar surface area (TPSA) is 83.1 Å². The van der Waals surface area contributed by atoms with Gasteiger partial charge in [-0.25, -0.2) is 4.79 Å². The van der Waals surface area contributed by atoms with Gasteiger partial charge in [-0.3, -0.25) is 4.79 Å². The lowest BCUT2D eigenvalue weighted by Gasteiger charge is -2.21. The van der Waals surface area contributed by atoms with Crippen LogP contribution in [0.2, 0.25) is 0 Å². The molecule has 0 radical (unpaired) electrons. The number of carbonyl (C=O) groups excluding carboxylic acids is 2. The lowest BCUT2D eigenvalue weighted by molar-refractivity contribution is -0.119. The van der Waals surface area contributed by atoms with Crippen LogP contribution in [0.1, 0.15) is 10.4 Å². The zero-order valence-electron chi connectivity index (χ0n) is 14.9. The van der Waals surface area contributed by atoms with Crippen molar-refractivity contribution in [2.75, 3.05) is 38.5 Å². The summed E-state index contributed by atoms with van der Waals surface area (Å²) in [6, 6.07) is 10.4. The Morgan fingerprint density at radius 3 is 2.59 bits per heavy atom. The Bertz CT molecular complexity index is 820. The van der Waals surface area contributed by atoms with Crippen LogP contribution in [0.25, 0.3) is 0 Å². The van der Waals surface area contributed by atoms with Crippen LogP contribution in [0.4, 0.5) is 5.69 Å². The number of amides is 1. The highest BCUT2D eigenvalue weighted by Gasteiger charge is 2.22. The highest BCUT2D eigenvalue weighted by molar-refractivity contribution is 7.98. The van der Waals surface area contributed by atoms with Crippen molar-refractivity contribution in [2.45, 2.75) is 4.90 Å². The van der Waals surface area contributed by atoms with E-state index in [-0.39, 0.29) is 5.56 Å². The second-order valence-corrected chi connectivity index (χ2v) is 6.44. The number of benzene rings is 2. The third-order valence-electron chi connectivity index (χ3n) is 3.77. The van der Waals surface area contributed by atoms with E-state index in [9.17, 15) is 9.59 Å². The van der Waals surface area contributed by atoms with Crippen molar-refractivity contribution in [2.24, 2.45) is 0 Å². The van der Waals surface area contributed by atoms with Gasteiger partial charge in [-0.05, 0) is 42.7 Å². The second-order valence-electron chi connectivity index (χ2n) is 5.56. The first kappa shape index (κ1) is 18.9. The standard InChI is InChI=1S/C19H19NO6S/c1-23-15-9-12(10-16-18(15)25-8-7-24-16)19(22)26-11-17(21)20-13-3-5-14(27-2)6-4-13/h3-6,9-10H,7-8,11H2,1-2H3,(H,20,21). The summed E-state index contributed by atoms with van der Waals surface area (Å²) >= 11 is 1.61. The van der Waals surface area contributed by atoms with E-state index in [1.807, 2.05) is 18.4 Å². The maximum absolute atomic E-state index is 12.3. The molecule has 8 heteroatoms. The number of anilines is 1. The molecule has 1 amide bonds. The molecule has 2 aromatic carbocycles. The average Bonchev–Trinajstić information content (AvgIpc) is 2.71. The van der Waals surface area contributed by atoms with E-state index in [0.717, 1.165) is 4.90 Å². The summed E-state index contributed by atoms with van der Waals surface area (Å²) in [6.07, 6.45) is 1.97. The van der Waals surface area contributed by atoms with Crippen LogP contribution < -0.4 is 19.5 Å². The zero-order valence-corrected chi connectivity index (χ0v) is 15.8. The molecule has 1 aliphatic rings. The Hall–Kier alpha value is -2.87. The number of fused-ring (bicyclic) bond motifs is 1. The molecule has 0 aliphatic carbocycles. The van der Waals surface area contributed by atoms with Crippen molar-refractivity contribution < 1.29 is 28.5 Å². The van der Waals surface area contributed by atoms with Crippen molar-refractivity contribution in [3.05, 3.63) is 42.0 Å². The van der Waals surface area contributed by atoms with Gasteiger partial charge in [-0.2, -0.15) is 0 Å². The van der Waals surface area contributed by atoms with E-state index in [0.29, 0.717) is 36.1 Å². The molecule has 0 bridgehead atoms. The number of rotatable bonds is 6. The van der Waals surface area contributed by atoms with Crippen LogP contribution in [-0.2, 0) is 9.53 Å². The monoisotopic (exact) mass is 389 g/mol. The van der Waals surface area contributed by atoms with E-state index in [4.69, 9.17) is 18.9 Å². The predicted octanol–water partition coefficient (Wildman–Crippen LogP) is 2.98. The van der Waals surface area contributed by atoms with Gasteiger partial charge in [0.25, 0.3) is 5.91 Å². The molecule has 142 valence electrons. The Balaban J connectivity index is 1.60. The maximum atomic E-state index is 12.3. The molecule has 7 nitrogen and oxygen atoms in total. The van der Waals surface area contributed by atoms with Crippen LogP contribution >= 0.6 is 11.8 Å². The molecule has 0 aromatic heterocycles. The number of methoxy groups -OCH3 is 1. The molecule has 0 unspecified atom stereocenters. The largest absolute Gasteiger partial charge is 0.493 e. The lowest BCUT2D eigenvalue weighted by atomic mass is 10.1. The fourth-order valence-corrected chi connectivity index (χ4v) is 2.89. The highest BCUT2D eigenvalue weighted by Crippen LogP contribution is 2.40. The predicted molar refractivity (Wildman–Crippen MR) is 101 cm³/mol. The molecule has 0 spiro atoms. The Labute approximate surface area is 160 Å². The second kappa shape index (κ2) is 8.68. The van der Waals surface area contributed by atoms with Crippen LogP contribution in [0.5, 0.6) is 17.2 Å². The number of carbonyl (C=O) groups is 2. The van der Waals surface area contributed by atoms with Gasteiger partial charge in [0.1, 0.15) is 13.2 Å². The Morgan fingerprint density at radius 2 is 1.89 bits per heavy atom. The average molecular weight is 389 g/mol. The summed E-state index contributed by atoms with van der Waals surface area (Å²) in [5.41, 5.74) is 0.850. The molecule has 1 heterocycles. The summed E-state index contributed by atoms with van der Waals surface area (Å²) < 4.78 is 21.3. The van der Waals surface area contributed by atoms with Gasteiger partial charge in [-0.1, -0.05) is 0 Å². The minimum absolute atomic E-state index is 0.216. The first-order valence-electron chi connectivity index (χ1n) is 8.19. The van der Waals surface area contributed by atoms with Crippen LogP contribution in [-0.4, -0.2) is 45.1 Å². The summed E-state index contributed by atoms with van der Waals surface area (Å²) in [4.78, 5) is 25.4. The van der Waals surface area contributed by atoms with Crippen molar-refractivity contribution in [1.82, 2.24) is 0 Å². The summed E-state index contributed by atoms with van der Waals surface area (Å²) in [6.45, 7) is 0.386. The Kier molecular flexibility index (Phi) is 6.08. The van der Waals surface area contributed by atoms with E-state index < -0.39 is 18.5 Å². The molecule has 2 aromatic rings. The van der Waals surface area contributed by atoms with Crippen molar-refractivity contribution in [3.8, 4) is 17.2 Å². The molecule has 0 fully saturated rings. The molecular formula is C19H19NO6S. The normalized spacial score (nSPS) is 12.2. The van der Waals surface area contributed by atoms with Crippen molar-refractivity contribution >= 4 is 29.3 Å². The number of thioether (sulfide) groups is 1. The van der Waals surface area contributed by atoms with Gasteiger partial charge in [0.05, 0.1) is 12.7 Å². The van der Waals surface area contributed by atoms with Gasteiger partial charge in [-0.15, -0.1) is 11.8 Å². The molecule has 0 saturated heterocycles. The van der Waals surface area contributed by atoms with Gasteiger partial charge in [0.15, 0.2) is 18.1 Å². The van der Waals surface area contributed by atoms with Crippen LogP contribution in [0.3, 0.4) is 0 Å². The summed E-state index contributed by atoms with van der Waals surface area (Å²) in [5, 5.41) is 2.68. The fraction of sp³-hybridized carbons (Fsp3) is 0.263. The molecule has 3 rings (SSSR count). The molecule has 0 atom stereocenters. The fourth-order valence-electron chi connectivity index (χ4n) is 2.48. The molecule has 1 aliphatic heterocycles. The summed E-state index contributed by atoms with van der Waals surface area (Å²) in [7, 11) is 1.47. The highest BCUT2D eigenvalue weighted by atomic mass is 32.2. The van der Waals surface area contributed by atoms with Gasteiger partial charge < -0.3 is 24.3 Å². The van der Waals surface area contributed by atoms with Gasteiger partial charge in [0, 0.05) is 10.6 Å². The number of nitrogens with one attached hydrogen (secondary N) is 1. The molecule has 0 saturated carbocycles. The smallest absolute Gasteiger partial charge is 0.338 e. The van der Waals surface area contributed by atoms with Crippen LogP contribution in [0.15, 0.2) is 41.3 Å². The number of esters is 1. The molecular weight excluding hydrogens is 370 g/mol. The third kappa shape index (κ3) is 4.65. The van der Waals surface area contributed by atoms with E-state index in [1.54, 1.807) is 23.9 Å². The molecule has 27 heavy (non-hydrogen) atoms.